The Morgan fingerprint density at radius 3 is 2.31 bits per heavy atom. The lowest BCUT2D eigenvalue weighted by atomic mass is 9.87. The highest BCUT2D eigenvalue weighted by Crippen LogP contribution is 2.31. The summed E-state index contributed by atoms with van der Waals surface area (Å²) in [6.07, 6.45) is 3.75. The second-order valence-electron chi connectivity index (χ2n) is 13.9. The largest absolute Gasteiger partial charge is 0.487 e. The van der Waals surface area contributed by atoms with Crippen LogP contribution in [0.5, 0.6) is 11.6 Å². The molecule has 0 aliphatic carbocycles. The lowest BCUT2D eigenvalue weighted by molar-refractivity contribution is 0.0505. The van der Waals surface area contributed by atoms with Crippen LogP contribution in [-0.4, -0.2) is 57.9 Å². The van der Waals surface area contributed by atoms with Gasteiger partial charge in [-0.1, -0.05) is 58.9 Å². The van der Waals surface area contributed by atoms with Crippen LogP contribution in [-0.2, 0) is 16.6 Å². The van der Waals surface area contributed by atoms with Crippen molar-refractivity contribution in [2.75, 3.05) is 11.3 Å². The van der Waals surface area contributed by atoms with Crippen LogP contribution >= 0.6 is 0 Å². The first-order chi connectivity index (χ1) is 22.6. The van der Waals surface area contributed by atoms with Crippen LogP contribution in [0.25, 0.3) is 11.3 Å². The van der Waals surface area contributed by atoms with E-state index >= 15 is 0 Å². The van der Waals surface area contributed by atoms with Crippen molar-refractivity contribution in [3.8, 4) is 22.9 Å². The van der Waals surface area contributed by atoms with E-state index in [0.29, 0.717) is 29.6 Å². The Labute approximate surface area is 283 Å². The van der Waals surface area contributed by atoms with E-state index in [1.54, 1.807) is 35.5 Å². The van der Waals surface area contributed by atoms with Gasteiger partial charge in [0.2, 0.25) is 11.8 Å². The third kappa shape index (κ3) is 8.28. The number of ether oxygens (including phenoxy) is 2. The van der Waals surface area contributed by atoms with Crippen molar-refractivity contribution in [3.63, 3.8) is 0 Å². The van der Waals surface area contributed by atoms with E-state index in [9.17, 15) is 13.2 Å². The quantitative estimate of drug-likeness (QED) is 0.230. The summed E-state index contributed by atoms with van der Waals surface area (Å²) in [6.45, 7) is 16.5. The van der Waals surface area contributed by atoms with Crippen molar-refractivity contribution in [1.82, 2.24) is 24.8 Å². The van der Waals surface area contributed by atoms with Crippen LogP contribution in [0.1, 0.15) is 75.3 Å². The maximum atomic E-state index is 14.4. The highest BCUT2D eigenvalue weighted by atomic mass is 32.2. The minimum Gasteiger partial charge on any atom is -0.487 e. The zero-order valence-electron chi connectivity index (χ0n) is 28.8. The van der Waals surface area contributed by atoms with E-state index < -0.39 is 16.1 Å². The predicted octanol–water partition coefficient (Wildman–Crippen LogP) is 6.61. The van der Waals surface area contributed by atoms with Crippen molar-refractivity contribution < 1.29 is 22.7 Å². The number of anilines is 1. The van der Waals surface area contributed by atoms with Gasteiger partial charge in [-0.05, 0) is 67.9 Å². The van der Waals surface area contributed by atoms with Gasteiger partial charge in [0, 0.05) is 17.2 Å². The molecule has 0 fully saturated rings. The predicted molar refractivity (Wildman–Crippen MR) is 184 cm³/mol. The summed E-state index contributed by atoms with van der Waals surface area (Å²) in [5.41, 5.74) is 3.30. The van der Waals surface area contributed by atoms with Crippen molar-refractivity contribution >= 4 is 21.9 Å². The third-order valence-electron chi connectivity index (χ3n) is 8.28. The van der Waals surface area contributed by atoms with E-state index in [4.69, 9.17) is 9.47 Å². The Bertz CT molecular complexity index is 1870. The summed E-state index contributed by atoms with van der Waals surface area (Å²) in [7, 11) is -4.18. The number of amides is 1. The molecule has 3 heterocycles. The van der Waals surface area contributed by atoms with E-state index in [-0.39, 0.29) is 52.9 Å². The molecule has 0 radical (unpaired) electrons. The molecule has 2 aromatic carbocycles. The molecule has 254 valence electrons. The van der Waals surface area contributed by atoms with Gasteiger partial charge in [0.15, 0.2) is 5.75 Å². The number of carbonyl (C=O) groups excluding carboxylic acids is 1. The fourth-order valence-corrected chi connectivity index (χ4v) is 6.52. The Kier molecular flexibility index (Phi) is 10.0. The monoisotopic (exact) mass is 672 g/mol. The Hall–Kier alpha value is -4.58. The number of nitrogens with one attached hydrogen (secondary N) is 1. The normalized spacial score (nSPS) is 17.0. The summed E-state index contributed by atoms with van der Waals surface area (Å²) >= 11 is 0. The number of nitrogens with zero attached hydrogens (tertiary/aromatic N) is 5. The second kappa shape index (κ2) is 13.9. The average molecular weight is 673 g/mol. The highest BCUT2D eigenvalue weighted by molar-refractivity contribution is 7.92. The molecule has 2 atom stereocenters. The molecule has 12 heteroatoms. The molecule has 0 saturated heterocycles. The van der Waals surface area contributed by atoms with Gasteiger partial charge in [-0.25, -0.2) is 28.1 Å². The molecule has 1 aliphatic heterocycles. The number of benzene rings is 2. The fraction of sp³-hybridized carbons (Fsp3) is 0.417. The fourth-order valence-electron chi connectivity index (χ4n) is 5.54. The van der Waals surface area contributed by atoms with Crippen molar-refractivity contribution in [3.05, 3.63) is 83.4 Å². The number of hydrogen-bond donors (Lipinski definition) is 1. The molecule has 0 saturated carbocycles. The highest BCUT2D eigenvalue weighted by Gasteiger charge is 2.32. The molecule has 1 unspecified atom stereocenters. The number of aromatic nitrogens is 4. The standard InChI is InChI=1S/C36H44N6O5S/c1-22(2)25(5)47-28-18-37-31(38-19-28)20-42-27(17-36(6,7)8)21-46-32-16-30(33-23(3)11-9-12-24(33)4)39-35(40-32)41-48(44,45)29-14-10-13-26(15-29)34(42)43/h9-16,18-19,22,25,27H,17,20-21H2,1-8H3,(H,39,40,41)/t25?,27-/m1/s1. The molecule has 0 spiro atoms. The molecule has 48 heavy (non-hydrogen) atoms. The van der Waals surface area contributed by atoms with Gasteiger partial charge in [0.25, 0.3) is 15.9 Å². The molecule has 4 bridgehead atoms. The maximum Gasteiger partial charge on any atom is 0.264 e. The van der Waals surface area contributed by atoms with Crippen molar-refractivity contribution in [1.29, 1.82) is 0 Å². The van der Waals surface area contributed by atoms with E-state index in [1.165, 1.54) is 12.1 Å². The van der Waals surface area contributed by atoms with Gasteiger partial charge < -0.3 is 14.4 Å². The van der Waals surface area contributed by atoms with Crippen LogP contribution in [0.2, 0.25) is 0 Å². The van der Waals surface area contributed by atoms with Gasteiger partial charge in [0.05, 0.1) is 41.7 Å². The van der Waals surface area contributed by atoms with Crippen molar-refractivity contribution in [2.45, 2.75) is 85.4 Å². The number of carbonyl (C=O) groups is 1. The molecule has 4 aromatic rings. The first-order valence-electron chi connectivity index (χ1n) is 16.1. The van der Waals surface area contributed by atoms with Crippen LogP contribution in [0.4, 0.5) is 5.95 Å². The molecular formula is C36H44N6O5S. The molecular weight excluding hydrogens is 629 g/mol. The smallest absolute Gasteiger partial charge is 0.264 e. The lowest BCUT2D eigenvalue weighted by Crippen LogP contribution is -2.45. The maximum absolute atomic E-state index is 14.4. The van der Waals surface area contributed by atoms with Crippen LogP contribution in [0.15, 0.2) is 65.8 Å². The van der Waals surface area contributed by atoms with Crippen LogP contribution in [0.3, 0.4) is 0 Å². The molecule has 1 aliphatic rings. The molecule has 1 N–H and O–H groups in total. The Morgan fingerprint density at radius 1 is 1.00 bits per heavy atom. The third-order valence-corrected chi connectivity index (χ3v) is 9.61. The first-order valence-corrected chi connectivity index (χ1v) is 17.6. The number of sulfonamides is 1. The summed E-state index contributed by atoms with van der Waals surface area (Å²) in [4.78, 5) is 34.0. The van der Waals surface area contributed by atoms with Gasteiger partial charge in [-0.3, -0.25) is 4.79 Å². The zero-order valence-corrected chi connectivity index (χ0v) is 29.6. The summed E-state index contributed by atoms with van der Waals surface area (Å²) in [5, 5.41) is 0. The zero-order chi connectivity index (χ0) is 34.8. The molecule has 2 aromatic heterocycles. The van der Waals surface area contributed by atoms with Gasteiger partial charge in [-0.2, -0.15) is 4.98 Å². The first kappa shape index (κ1) is 34.7. The van der Waals surface area contributed by atoms with Crippen LogP contribution < -0.4 is 14.2 Å². The minimum atomic E-state index is -4.18. The molecule has 11 nitrogen and oxygen atoms in total. The van der Waals surface area contributed by atoms with E-state index in [2.05, 4.69) is 59.3 Å². The summed E-state index contributed by atoms with van der Waals surface area (Å²) < 4.78 is 42.1. The van der Waals surface area contributed by atoms with Crippen LogP contribution in [0, 0.1) is 25.2 Å². The lowest BCUT2D eigenvalue weighted by Gasteiger charge is -2.35. The van der Waals surface area contributed by atoms with Gasteiger partial charge >= 0.3 is 0 Å². The van der Waals surface area contributed by atoms with E-state index in [0.717, 1.165) is 16.7 Å². The topological polar surface area (TPSA) is 136 Å². The van der Waals surface area contributed by atoms with E-state index in [1.807, 2.05) is 39.0 Å². The SMILES string of the molecule is Cc1cccc(C)c1-c1cc2nc(n1)NS(=O)(=O)c1cccc(c1)C(=O)N(Cc1ncc(OC(C)C(C)C)cn1)[C@H](CC(C)(C)C)CO2. The summed E-state index contributed by atoms with van der Waals surface area (Å²) in [5.74, 6) is 0.918. The van der Waals surface area contributed by atoms with Gasteiger partial charge in [0.1, 0.15) is 12.4 Å². The number of rotatable bonds is 7. The number of aryl methyl sites for hydroxylation is 2. The molecule has 1 amide bonds. The Morgan fingerprint density at radius 2 is 1.67 bits per heavy atom. The summed E-state index contributed by atoms with van der Waals surface area (Å²) in [6, 6.07) is 13.1. The second-order valence-corrected chi connectivity index (χ2v) is 15.6. The van der Waals surface area contributed by atoms with Crippen molar-refractivity contribution in [2.24, 2.45) is 11.3 Å². The minimum absolute atomic E-state index is 0.0240. The number of fused-ring (bicyclic) bond motifs is 4. The Balaban J connectivity index is 1.61. The number of hydrogen-bond acceptors (Lipinski definition) is 9. The molecule has 5 rings (SSSR count). The van der Waals surface area contributed by atoms with Gasteiger partial charge in [-0.15, -0.1) is 0 Å². The average Bonchev–Trinajstić information content (AvgIpc) is 3.01.